The number of carbonyl (C=O) groups excluding carboxylic acids is 2. The molecule has 0 heterocycles. The second kappa shape index (κ2) is 10.7. The summed E-state index contributed by atoms with van der Waals surface area (Å²) in [5.41, 5.74) is 1.12. The van der Waals surface area contributed by atoms with Gasteiger partial charge < -0.3 is 15.3 Å². The van der Waals surface area contributed by atoms with E-state index in [0.29, 0.717) is 25.3 Å². The summed E-state index contributed by atoms with van der Waals surface area (Å²) in [6.07, 6.45) is 0.596. The van der Waals surface area contributed by atoms with Crippen LogP contribution < -0.4 is 5.32 Å². The number of hydrogen-bond acceptors (Lipinski definition) is 4. The van der Waals surface area contributed by atoms with Crippen LogP contribution in [0.3, 0.4) is 0 Å². The molecule has 0 unspecified atom stereocenters. The van der Waals surface area contributed by atoms with E-state index in [4.69, 9.17) is 5.11 Å². The number of nitrogens with zero attached hydrogens (tertiary/aromatic N) is 1. The van der Waals surface area contributed by atoms with Crippen molar-refractivity contribution in [3.8, 4) is 0 Å². The van der Waals surface area contributed by atoms with Gasteiger partial charge in [0, 0.05) is 32.3 Å². The highest BCUT2D eigenvalue weighted by molar-refractivity contribution is 8.13. The number of urea groups is 1. The van der Waals surface area contributed by atoms with Crippen molar-refractivity contribution < 1.29 is 19.5 Å². The number of carboxylic acids is 1. The number of thioether (sulfide) groups is 1. The van der Waals surface area contributed by atoms with E-state index in [-0.39, 0.29) is 24.1 Å². The quantitative estimate of drug-likeness (QED) is 0.719. The van der Waals surface area contributed by atoms with Crippen molar-refractivity contribution in [2.24, 2.45) is 0 Å². The van der Waals surface area contributed by atoms with Crippen molar-refractivity contribution in [3.63, 3.8) is 0 Å². The fraction of sp³-hybridized carbons (Fsp3) is 0.438. The molecule has 0 spiro atoms. The summed E-state index contributed by atoms with van der Waals surface area (Å²) in [5, 5.41) is 11.2. The number of carboxylic acid groups (broad SMARTS) is 1. The van der Waals surface area contributed by atoms with Crippen molar-refractivity contribution in [2.45, 2.75) is 19.8 Å². The first-order chi connectivity index (χ1) is 11.0. The molecule has 6 nitrogen and oxygen atoms in total. The third-order valence-corrected chi connectivity index (χ3v) is 3.88. The highest BCUT2D eigenvalue weighted by Gasteiger charge is 2.13. The van der Waals surface area contributed by atoms with Crippen molar-refractivity contribution in [2.75, 3.05) is 25.4 Å². The number of aliphatic carboxylic acids is 1. The van der Waals surface area contributed by atoms with Gasteiger partial charge in [-0.05, 0) is 12.0 Å². The monoisotopic (exact) mass is 338 g/mol. The van der Waals surface area contributed by atoms with Gasteiger partial charge in [0.2, 0.25) is 0 Å². The smallest absolute Gasteiger partial charge is 0.317 e. The normalized spacial score (nSPS) is 10.1. The molecule has 7 heteroatoms. The van der Waals surface area contributed by atoms with Gasteiger partial charge in [-0.15, -0.1) is 0 Å². The van der Waals surface area contributed by atoms with Gasteiger partial charge in [0.25, 0.3) is 0 Å². The topological polar surface area (TPSA) is 86.7 Å². The van der Waals surface area contributed by atoms with Crippen LogP contribution in [0, 0.1) is 0 Å². The molecule has 0 radical (unpaired) electrons. The molecule has 2 amide bonds. The fourth-order valence-electron chi connectivity index (χ4n) is 1.91. The molecular formula is C16H22N2O4S. The highest BCUT2D eigenvalue weighted by atomic mass is 32.2. The van der Waals surface area contributed by atoms with Gasteiger partial charge in [0.15, 0.2) is 5.12 Å². The molecule has 0 bridgehead atoms. The average Bonchev–Trinajstić information content (AvgIpc) is 2.50. The molecule has 0 fully saturated rings. The van der Waals surface area contributed by atoms with Crippen LogP contribution in [0.4, 0.5) is 4.79 Å². The molecule has 1 rings (SSSR count). The SMILES string of the molecule is CC(=O)SCCN(CCc1ccccc1)C(=O)NCCC(=O)O. The Kier molecular flexibility index (Phi) is 8.82. The number of carbonyl (C=O) groups is 3. The Labute approximate surface area is 140 Å². The van der Waals surface area contributed by atoms with Gasteiger partial charge in [-0.25, -0.2) is 4.79 Å². The molecule has 1 aromatic rings. The molecule has 0 atom stereocenters. The Morgan fingerprint density at radius 1 is 1.17 bits per heavy atom. The van der Waals surface area contributed by atoms with Gasteiger partial charge in [-0.3, -0.25) is 9.59 Å². The van der Waals surface area contributed by atoms with Crippen LogP contribution in [0.1, 0.15) is 18.9 Å². The molecule has 0 aromatic heterocycles. The number of rotatable bonds is 9. The van der Waals surface area contributed by atoms with Gasteiger partial charge >= 0.3 is 12.0 Å². The Hall–Kier alpha value is -2.02. The first-order valence-electron chi connectivity index (χ1n) is 7.41. The lowest BCUT2D eigenvalue weighted by Gasteiger charge is -2.22. The maximum Gasteiger partial charge on any atom is 0.317 e. The molecule has 126 valence electrons. The highest BCUT2D eigenvalue weighted by Crippen LogP contribution is 2.05. The van der Waals surface area contributed by atoms with Crippen LogP contribution in [0.25, 0.3) is 0 Å². The number of amides is 2. The number of hydrogen-bond donors (Lipinski definition) is 2. The fourth-order valence-corrected chi connectivity index (χ4v) is 2.51. The predicted molar refractivity (Wildman–Crippen MR) is 90.5 cm³/mol. The van der Waals surface area contributed by atoms with Crippen molar-refractivity contribution in [1.82, 2.24) is 10.2 Å². The molecule has 0 aliphatic carbocycles. The lowest BCUT2D eigenvalue weighted by molar-refractivity contribution is -0.136. The minimum absolute atomic E-state index is 0.0132. The lowest BCUT2D eigenvalue weighted by Crippen LogP contribution is -2.43. The average molecular weight is 338 g/mol. The molecular weight excluding hydrogens is 316 g/mol. The van der Waals surface area contributed by atoms with E-state index in [2.05, 4.69) is 5.32 Å². The van der Waals surface area contributed by atoms with Crippen LogP contribution in [-0.4, -0.2) is 52.5 Å². The summed E-state index contributed by atoms with van der Waals surface area (Å²) >= 11 is 1.17. The first kappa shape index (κ1) is 19.0. The summed E-state index contributed by atoms with van der Waals surface area (Å²) in [7, 11) is 0. The molecule has 0 aliphatic rings. The zero-order chi connectivity index (χ0) is 17.1. The van der Waals surface area contributed by atoms with E-state index in [1.54, 1.807) is 4.90 Å². The Bertz CT molecular complexity index is 522. The summed E-state index contributed by atoms with van der Waals surface area (Å²) < 4.78 is 0. The Balaban J connectivity index is 2.51. The van der Waals surface area contributed by atoms with Crippen LogP contribution in [-0.2, 0) is 16.0 Å². The van der Waals surface area contributed by atoms with E-state index in [9.17, 15) is 14.4 Å². The van der Waals surface area contributed by atoms with Crippen LogP contribution in [0.2, 0.25) is 0 Å². The molecule has 0 saturated heterocycles. The maximum atomic E-state index is 12.1. The maximum absolute atomic E-state index is 12.1. The largest absolute Gasteiger partial charge is 0.481 e. The van der Waals surface area contributed by atoms with Gasteiger partial charge in [0.1, 0.15) is 0 Å². The molecule has 23 heavy (non-hydrogen) atoms. The van der Waals surface area contributed by atoms with Crippen molar-refractivity contribution >= 4 is 28.9 Å². The number of benzene rings is 1. The van der Waals surface area contributed by atoms with Gasteiger partial charge in [0.05, 0.1) is 6.42 Å². The summed E-state index contributed by atoms with van der Waals surface area (Å²) in [6.45, 7) is 2.54. The third kappa shape index (κ3) is 8.87. The lowest BCUT2D eigenvalue weighted by atomic mass is 10.1. The summed E-state index contributed by atoms with van der Waals surface area (Å²) in [4.78, 5) is 35.3. The van der Waals surface area contributed by atoms with Crippen LogP contribution in [0.5, 0.6) is 0 Å². The molecule has 1 aromatic carbocycles. The minimum atomic E-state index is -0.951. The van der Waals surface area contributed by atoms with E-state index in [1.165, 1.54) is 18.7 Å². The first-order valence-corrected chi connectivity index (χ1v) is 8.39. The molecule has 0 saturated carbocycles. The number of nitrogens with one attached hydrogen (secondary N) is 1. The zero-order valence-electron chi connectivity index (χ0n) is 13.2. The minimum Gasteiger partial charge on any atom is -0.481 e. The third-order valence-electron chi connectivity index (χ3n) is 3.08. The summed E-state index contributed by atoms with van der Waals surface area (Å²) in [5.74, 6) is -0.426. The Morgan fingerprint density at radius 3 is 2.48 bits per heavy atom. The van der Waals surface area contributed by atoms with Gasteiger partial charge in [-0.2, -0.15) is 0 Å². The van der Waals surface area contributed by atoms with E-state index >= 15 is 0 Å². The summed E-state index contributed by atoms with van der Waals surface area (Å²) in [6, 6.07) is 9.50. The molecule has 2 N–H and O–H groups in total. The Morgan fingerprint density at radius 2 is 1.87 bits per heavy atom. The second-order valence-corrected chi connectivity index (χ2v) is 6.21. The van der Waals surface area contributed by atoms with E-state index in [1.807, 2.05) is 30.3 Å². The van der Waals surface area contributed by atoms with E-state index in [0.717, 1.165) is 5.56 Å². The van der Waals surface area contributed by atoms with E-state index < -0.39 is 5.97 Å². The van der Waals surface area contributed by atoms with Crippen LogP contribution in [0.15, 0.2) is 30.3 Å². The zero-order valence-corrected chi connectivity index (χ0v) is 14.0. The van der Waals surface area contributed by atoms with Crippen molar-refractivity contribution in [1.29, 1.82) is 0 Å². The standard InChI is InChI=1S/C16H22N2O4S/c1-13(19)23-12-11-18(16(22)17-9-7-15(20)21)10-8-14-5-3-2-4-6-14/h2-6H,7-12H2,1H3,(H,17,22)(H,20,21). The molecule has 0 aliphatic heterocycles. The predicted octanol–water partition coefficient (Wildman–Crippen LogP) is 2.00. The second-order valence-electron chi connectivity index (χ2n) is 4.94. The van der Waals surface area contributed by atoms with Crippen molar-refractivity contribution in [3.05, 3.63) is 35.9 Å². The van der Waals surface area contributed by atoms with Gasteiger partial charge in [-0.1, -0.05) is 42.1 Å². The van der Waals surface area contributed by atoms with Crippen LogP contribution >= 0.6 is 11.8 Å².